The summed E-state index contributed by atoms with van der Waals surface area (Å²) in [5.41, 5.74) is 1.50. The van der Waals surface area contributed by atoms with Crippen molar-refractivity contribution in [2.24, 2.45) is 0 Å². The highest BCUT2D eigenvalue weighted by atomic mass is 32.1. The number of anilines is 1. The standard InChI is InChI=1S/C23H27N5O2S/c1-24-22(29)16-5-8-21(25-14-16)30-18-6-7-19-20(13-18)31-23(26-19)28-12-9-17(15-28)27-10-3-2-4-11-27/h5-8,13-14,17H,2-4,9-12,15H2,1H3,(H,24,29)/t17-/m1/s1. The summed E-state index contributed by atoms with van der Waals surface area (Å²) >= 11 is 1.72. The fourth-order valence-electron chi connectivity index (χ4n) is 4.43. The number of piperidine rings is 1. The van der Waals surface area contributed by atoms with Crippen LogP contribution >= 0.6 is 11.3 Å². The third kappa shape index (κ3) is 4.36. The number of nitrogens with one attached hydrogen (secondary N) is 1. The van der Waals surface area contributed by atoms with Crippen LogP contribution in [0.1, 0.15) is 36.0 Å². The van der Waals surface area contributed by atoms with Gasteiger partial charge in [0.15, 0.2) is 5.13 Å². The highest BCUT2D eigenvalue weighted by Crippen LogP contribution is 2.34. The van der Waals surface area contributed by atoms with Gasteiger partial charge in [-0.25, -0.2) is 9.97 Å². The number of amides is 1. The normalized spacial score (nSPS) is 19.6. The van der Waals surface area contributed by atoms with Gasteiger partial charge in [0.2, 0.25) is 5.88 Å². The molecule has 162 valence electrons. The van der Waals surface area contributed by atoms with Gasteiger partial charge in [-0.1, -0.05) is 17.8 Å². The highest BCUT2D eigenvalue weighted by molar-refractivity contribution is 7.22. The molecule has 2 aliphatic rings. The maximum absolute atomic E-state index is 11.6. The molecule has 2 fully saturated rings. The highest BCUT2D eigenvalue weighted by Gasteiger charge is 2.30. The molecule has 2 aliphatic heterocycles. The van der Waals surface area contributed by atoms with Gasteiger partial charge in [0.25, 0.3) is 5.91 Å². The maximum Gasteiger partial charge on any atom is 0.252 e. The summed E-state index contributed by atoms with van der Waals surface area (Å²) in [5.74, 6) is 1.01. The molecule has 8 heteroatoms. The number of hydrogen-bond donors (Lipinski definition) is 1. The number of rotatable bonds is 5. The minimum absolute atomic E-state index is 0.165. The smallest absolute Gasteiger partial charge is 0.252 e. The lowest BCUT2D eigenvalue weighted by Gasteiger charge is -2.32. The van der Waals surface area contributed by atoms with E-state index < -0.39 is 0 Å². The Morgan fingerprint density at radius 3 is 2.81 bits per heavy atom. The van der Waals surface area contributed by atoms with Crippen molar-refractivity contribution in [2.75, 3.05) is 38.1 Å². The summed E-state index contributed by atoms with van der Waals surface area (Å²) in [4.78, 5) is 25.9. The first-order valence-corrected chi connectivity index (χ1v) is 11.8. The van der Waals surface area contributed by atoms with Crippen LogP contribution in [-0.4, -0.2) is 60.0 Å². The van der Waals surface area contributed by atoms with Crippen LogP contribution in [0, 0.1) is 0 Å². The first-order valence-electron chi connectivity index (χ1n) is 11.0. The predicted octanol–water partition coefficient (Wildman–Crippen LogP) is 3.91. The Kier molecular flexibility index (Phi) is 5.74. The zero-order chi connectivity index (χ0) is 21.2. The van der Waals surface area contributed by atoms with Crippen LogP contribution in [0.25, 0.3) is 10.2 Å². The van der Waals surface area contributed by atoms with Crippen molar-refractivity contribution >= 4 is 32.6 Å². The van der Waals surface area contributed by atoms with Gasteiger partial charge in [0.05, 0.1) is 15.8 Å². The molecule has 0 unspecified atom stereocenters. The minimum atomic E-state index is -0.165. The van der Waals surface area contributed by atoms with E-state index in [1.807, 2.05) is 18.2 Å². The Balaban J connectivity index is 1.27. The molecule has 0 radical (unpaired) electrons. The van der Waals surface area contributed by atoms with Crippen LogP contribution in [0.5, 0.6) is 11.6 Å². The lowest BCUT2D eigenvalue weighted by Crippen LogP contribution is -2.40. The minimum Gasteiger partial charge on any atom is -0.439 e. The zero-order valence-corrected chi connectivity index (χ0v) is 18.5. The topological polar surface area (TPSA) is 70.6 Å². The van der Waals surface area contributed by atoms with Gasteiger partial charge in [-0.2, -0.15) is 0 Å². The second kappa shape index (κ2) is 8.80. The molecule has 0 bridgehead atoms. The van der Waals surface area contributed by atoms with Crippen molar-refractivity contribution in [1.82, 2.24) is 20.2 Å². The van der Waals surface area contributed by atoms with Gasteiger partial charge in [0, 0.05) is 44.5 Å². The number of hydrogen-bond acceptors (Lipinski definition) is 7. The van der Waals surface area contributed by atoms with Crippen molar-refractivity contribution in [1.29, 1.82) is 0 Å². The van der Waals surface area contributed by atoms with Crippen LogP contribution in [0.4, 0.5) is 5.13 Å². The fraction of sp³-hybridized carbons (Fsp3) is 0.435. The SMILES string of the molecule is CNC(=O)c1ccc(Oc2ccc3nc(N4CC[C@@H](N5CCCCC5)C4)sc3c2)nc1. The third-order valence-electron chi connectivity index (χ3n) is 6.14. The average Bonchev–Trinajstić information content (AvgIpc) is 3.47. The van der Waals surface area contributed by atoms with Gasteiger partial charge in [-0.3, -0.25) is 9.69 Å². The van der Waals surface area contributed by atoms with E-state index in [2.05, 4.69) is 20.1 Å². The molecule has 4 heterocycles. The molecule has 1 atom stereocenters. The van der Waals surface area contributed by atoms with Gasteiger partial charge < -0.3 is 15.0 Å². The second-order valence-corrected chi connectivity index (χ2v) is 9.19. The monoisotopic (exact) mass is 437 g/mol. The Morgan fingerprint density at radius 2 is 2.03 bits per heavy atom. The van der Waals surface area contributed by atoms with Gasteiger partial charge in [-0.05, 0) is 50.6 Å². The second-order valence-electron chi connectivity index (χ2n) is 8.18. The van der Waals surface area contributed by atoms with Gasteiger partial charge >= 0.3 is 0 Å². The van der Waals surface area contributed by atoms with E-state index in [4.69, 9.17) is 9.72 Å². The molecule has 1 N–H and O–H groups in total. The molecule has 2 saturated heterocycles. The molecular weight excluding hydrogens is 410 g/mol. The summed E-state index contributed by atoms with van der Waals surface area (Å²) < 4.78 is 7.01. The van der Waals surface area contributed by atoms with Gasteiger partial charge in [-0.15, -0.1) is 0 Å². The number of ether oxygens (including phenoxy) is 1. The first kappa shape index (κ1) is 20.2. The molecule has 3 aromatic rings. The number of carbonyl (C=O) groups excluding carboxylic acids is 1. The third-order valence-corrected chi connectivity index (χ3v) is 7.22. The number of nitrogens with zero attached hydrogens (tertiary/aromatic N) is 4. The molecular formula is C23H27N5O2S. The molecule has 1 aromatic carbocycles. The number of benzene rings is 1. The van der Waals surface area contributed by atoms with E-state index in [1.165, 1.54) is 45.0 Å². The lowest BCUT2D eigenvalue weighted by atomic mass is 10.1. The zero-order valence-electron chi connectivity index (χ0n) is 17.7. The first-order chi connectivity index (χ1) is 15.2. The number of thiazole rings is 1. The number of pyridine rings is 1. The van der Waals surface area contributed by atoms with E-state index in [0.717, 1.165) is 34.2 Å². The van der Waals surface area contributed by atoms with E-state index in [1.54, 1.807) is 30.5 Å². The molecule has 0 saturated carbocycles. The van der Waals surface area contributed by atoms with Crippen LogP contribution in [0.3, 0.4) is 0 Å². The largest absolute Gasteiger partial charge is 0.439 e. The molecule has 5 rings (SSSR count). The maximum atomic E-state index is 11.6. The van der Waals surface area contributed by atoms with E-state index in [-0.39, 0.29) is 5.91 Å². The van der Waals surface area contributed by atoms with Crippen molar-refractivity contribution in [3.63, 3.8) is 0 Å². The lowest BCUT2D eigenvalue weighted by molar-refractivity contribution is 0.0962. The van der Waals surface area contributed by atoms with E-state index >= 15 is 0 Å². The fourth-order valence-corrected chi connectivity index (χ4v) is 5.46. The number of aromatic nitrogens is 2. The van der Waals surface area contributed by atoms with Crippen LogP contribution in [-0.2, 0) is 0 Å². The van der Waals surface area contributed by atoms with Gasteiger partial charge in [0.1, 0.15) is 5.75 Å². The van der Waals surface area contributed by atoms with Crippen molar-refractivity contribution in [3.05, 3.63) is 42.1 Å². The molecule has 0 spiro atoms. The van der Waals surface area contributed by atoms with E-state index in [9.17, 15) is 4.79 Å². The Hall–Kier alpha value is -2.71. The van der Waals surface area contributed by atoms with Crippen molar-refractivity contribution in [2.45, 2.75) is 31.7 Å². The van der Waals surface area contributed by atoms with Crippen LogP contribution in [0.15, 0.2) is 36.5 Å². The number of likely N-dealkylation sites (tertiary alicyclic amines) is 1. The predicted molar refractivity (Wildman–Crippen MR) is 123 cm³/mol. The Morgan fingerprint density at radius 1 is 1.16 bits per heavy atom. The van der Waals surface area contributed by atoms with Crippen LogP contribution in [0.2, 0.25) is 0 Å². The van der Waals surface area contributed by atoms with E-state index in [0.29, 0.717) is 17.5 Å². The molecule has 0 aliphatic carbocycles. The summed E-state index contributed by atoms with van der Waals surface area (Å²) in [7, 11) is 1.60. The average molecular weight is 438 g/mol. The number of fused-ring (bicyclic) bond motifs is 1. The van der Waals surface area contributed by atoms with Crippen molar-refractivity contribution in [3.8, 4) is 11.6 Å². The summed E-state index contributed by atoms with van der Waals surface area (Å²) in [5, 5.41) is 3.68. The number of carbonyl (C=O) groups is 1. The summed E-state index contributed by atoms with van der Waals surface area (Å²) in [6, 6.07) is 10.0. The van der Waals surface area contributed by atoms with Crippen molar-refractivity contribution < 1.29 is 9.53 Å². The van der Waals surface area contributed by atoms with Crippen LogP contribution < -0.4 is 15.0 Å². The summed E-state index contributed by atoms with van der Waals surface area (Å²) in [6.07, 6.45) is 6.79. The molecule has 2 aromatic heterocycles. The molecule has 7 nitrogen and oxygen atoms in total. The Labute approximate surface area is 186 Å². The molecule has 31 heavy (non-hydrogen) atoms. The summed E-state index contributed by atoms with van der Waals surface area (Å²) in [6.45, 7) is 4.64. The quantitative estimate of drug-likeness (QED) is 0.653. The Bertz CT molecular complexity index is 1060. The molecule has 1 amide bonds.